The van der Waals surface area contributed by atoms with Gasteiger partial charge in [0.05, 0.1) is 6.61 Å². The molecule has 1 aliphatic heterocycles. The second kappa shape index (κ2) is 9.36. The van der Waals surface area contributed by atoms with Crippen LogP contribution in [0.4, 0.5) is 0 Å². The van der Waals surface area contributed by atoms with Gasteiger partial charge in [-0.15, -0.1) is 0 Å². The highest BCUT2D eigenvalue weighted by atomic mass is 16.6. The van der Waals surface area contributed by atoms with Crippen molar-refractivity contribution >= 4 is 0 Å². The van der Waals surface area contributed by atoms with Gasteiger partial charge in [-0.2, -0.15) is 0 Å². The Balaban J connectivity index is 1.20. The van der Waals surface area contributed by atoms with Gasteiger partial charge in [-0.05, 0) is 209 Å². The number of benzene rings is 1. The molecule has 45 heavy (non-hydrogen) atoms. The molecule has 1 unspecified atom stereocenters. The molecule has 0 aromatic heterocycles. The quantitative estimate of drug-likeness (QED) is 0.287. The van der Waals surface area contributed by atoms with E-state index in [0.29, 0.717) is 28.3 Å². The summed E-state index contributed by atoms with van der Waals surface area (Å²) in [6.07, 6.45) is 27.5. The number of rotatable bonds is 7. The van der Waals surface area contributed by atoms with Crippen LogP contribution in [0.25, 0.3) is 0 Å². The van der Waals surface area contributed by atoms with E-state index in [0.717, 1.165) is 66.5 Å². The Hall–Kier alpha value is -1.02. The van der Waals surface area contributed by atoms with Gasteiger partial charge in [0.15, 0.2) is 0 Å². The molecule has 14 rings (SSSR count). The third-order valence-corrected chi connectivity index (χ3v) is 16.8. The molecule has 12 bridgehead atoms. The van der Waals surface area contributed by atoms with Crippen LogP contribution in [-0.2, 0) is 21.0 Å². The molecule has 0 amide bonds. The van der Waals surface area contributed by atoms with Crippen molar-refractivity contribution in [2.75, 3.05) is 13.2 Å². The third kappa shape index (κ3) is 4.02. The van der Waals surface area contributed by atoms with Crippen LogP contribution in [0.3, 0.4) is 0 Å². The van der Waals surface area contributed by atoms with Gasteiger partial charge in [0.25, 0.3) is 0 Å². The molecule has 1 aromatic rings. The third-order valence-electron chi connectivity index (χ3n) is 16.8. The zero-order chi connectivity index (χ0) is 29.9. The first kappa shape index (κ1) is 27.9. The highest BCUT2D eigenvalue weighted by Gasteiger charge is 2.60. The Bertz CT molecular complexity index is 1300. The minimum absolute atomic E-state index is 0.320. The second-order valence-electron chi connectivity index (χ2n) is 20.5. The summed E-state index contributed by atoms with van der Waals surface area (Å²) in [5, 5.41) is 0. The summed E-state index contributed by atoms with van der Waals surface area (Å²) in [6.45, 7) is 9.52. The second-order valence-corrected chi connectivity index (χ2v) is 20.5. The lowest BCUT2D eigenvalue weighted by molar-refractivity contribution is -0.0196. The van der Waals surface area contributed by atoms with Crippen LogP contribution in [-0.4, -0.2) is 19.3 Å². The summed E-state index contributed by atoms with van der Waals surface area (Å²) in [5.74, 6) is 10.8. The molecule has 244 valence electrons. The highest BCUT2D eigenvalue weighted by molar-refractivity contribution is 5.65. The number of ether oxygens (including phenoxy) is 2. The van der Waals surface area contributed by atoms with Gasteiger partial charge in [-0.1, -0.05) is 13.8 Å². The van der Waals surface area contributed by atoms with Crippen molar-refractivity contribution in [2.24, 2.45) is 53.3 Å². The van der Waals surface area contributed by atoms with E-state index < -0.39 is 0 Å². The van der Waals surface area contributed by atoms with E-state index in [1.807, 2.05) is 11.1 Å². The molecule has 0 radical (unpaired) electrons. The Morgan fingerprint density at radius 1 is 0.556 bits per heavy atom. The van der Waals surface area contributed by atoms with E-state index in [-0.39, 0.29) is 0 Å². The van der Waals surface area contributed by atoms with E-state index in [1.54, 1.807) is 36.0 Å². The normalized spacial score (nSPS) is 51.1. The molecule has 0 N–H and O–H groups in total. The van der Waals surface area contributed by atoms with Crippen LogP contribution < -0.4 is 4.74 Å². The molecule has 1 aromatic carbocycles. The van der Waals surface area contributed by atoms with Gasteiger partial charge in [0.1, 0.15) is 18.5 Å². The zero-order valence-electron chi connectivity index (χ0n) is 28.8. The SMILES string of the molecule is Cc1c(C23CC4CC(CC(C4)C2)C3)c(OCC2CO2)c(C(C)C)c(C23CC4CC(CC(C4)C2)C3)c1C12CC3CC(CC(C3)C1)C2. The molecule has 1 heterocycles. The Labute approximate surface area is 273 Å². The molecule has 1 atom stereocenters. The zero-order valence-corrected chi connectivity index (χ0v) is 28.8. The monoisotopic (exact) mass is 608 g/mol. The number of epoxide rings is 1. The summed E-state index contributed by atoms with van der Waals surface area (Å²) in [6, 6.07) is 0. The van der Waals surface area contributed by atoms with E-state index in [2.05, 4.69) is 20.8 Å². The molecule has 13 aliphatic rings. The van der Waals surface area contributed by atoms with Crippen LogP contribution >= 0.6 is 0 Å². The molecular formula is C43H60O2. The van der Waals surface area contributed by atoms with Crippen LogP contribution in [0.15, 0.2) is 0 Å². The summed E-state index contributed by atoms with van der Waals surface area (Å²) in [4.78, 5) is 0. The van der Waals surface area contributed by atoms with Crippen molar-refractivity contribution in [1.29, 1.82) is 0 Å². The first-order valence-electron chi connectivity index (χ1n) is 20.2. The lowest BCUT2D eigenvalue weighted by Gasteiger charge is -2.63. The molecule has 2 heteroatoms. The predicted molar refractivity (Wildman–Crippen MR) is 180 cm³/mol. The largest absolute Gasteiger partial charge is 0.490 e. The lowest BCUT2D eigenvalue weighted by atomic mass is 9.42. The molecule has 13 fully saturated rings. The number of hydrogen-bond acceptors (Lipinski definition) is 2. The maximum atomic E-state index is 7.38. The Morgan fingerprint density at radius 3 is 1.22 bits per heavy atom. The van der Waals surface area contributed by atoms with E-state index in [9.17, 15) is 0 Å². The topological polar surface area (TPSA) is 21.8 Å². The molecule has 12 saturated carbocycles. The van der Waals surface area contributed by atoms with Crippen molar-refractivity contribution in [3.05, 3.63) is 27.8 Å². The van der Waals surface area contributed by atoms with Crippen LogP contribution in [0.5, 0.6) is 5.75 Å². The van der Waals surface area contributed by atoms with Crippen molar-refractivity contribution in [2.45, 2.75) is 165 Å². The van der Waals surface area contributed by atoms with Crippen molar-refractivity contribution in [1.82, 2.24) is 0 Å². The van der Waals surface area contributed by atoms with E-state index in [1.165, 1.54) is 102 Å². The van der Waals surface area contributed by atoms with Crippen LogP contribution in [0.2, 0.25) is 0 Å². The fourth-order valence-corrected chi connectivity index (χ4v) is 17.0. The maximum Gasteiger partial charge on any atom is 0.127 e. The van der Waals surface area contributed by atoms with Gasteiger partial charge in [-0.3, -0.25) is 0 Å². The summed E-state index contributed by atoms with van der Waals surface area (Å²) in [7, 11) is 0. The first-order chi connectivity index (χ1) is 21.8. The average molecular weight is 609 g/mol. The fraction of sp³-hybridized carbons (Fsp3) is 0.860. The van der Waals surface area contributed by atoms with Crippen LogP contribution in [0, 0.1) is 60.2 Å². The van der Waals surface area contributed by atoms with Crippen molar-refractivity contribution in [3.8, 4) is 5.75 Å². The summed E-state index contributed by atoms with van der Waals surface area (Å²) in [5.41, 5.74) is 10.5. The molecule has 0 spiro atoms. The fourth-order valence-electron chi connectivity index (χ4n) is 17.0. The minimum atomic E-state index is 0.320. The van der Waals surface area contributed by atoms with E-state index >= 15 is 0 Å². The Kier molecular flexibility index (Phi) is 5.80. The molecular weight excluding hydrogens is 548 g/mol. The smallest absolute Gasteiger partial charge is 0.127 e. The highest BCUT2D eigenvalue weighted by Crippen LogP contribution is 2.70. The molecule has 12 aliphatic carbocycles. The van der Waals surface area contributed by atoms with Crippen molar-refractivity contribution in [3.63, 3.8) is 0 Å². The summed E-state index contributed by atoms with van der Waals surface area (Å²) < 4.78 is 13.2. The minimum Gasteiger partial charge on any atom is -0.490 e. The predicted octanol–water partition coefficient (Wildman–Crippen LogP) is 10.3. The first-order valence-corrected chi connectivity index (χ1v) is 20.2. The number of hydrogen-bond donors (Lipinski definition) is 0. The van der Waals surface area contributed by atoms with Crippen molar-refractivity contribution < 1.29 is 9.47 Å². The lowest BCUT2D eigenvalue weighted by Crippen LogP contribution is -2.54. The van der Waals surface area contributed by atoms with Crippen LogP contribution in [0.1, 0.15) is 163 Å². The van der Waals surface area contributed by atoms with Gasteiger partial charge in [0, 0.05) is 16.5 Å². The Morgan fingerprint density at radius 2 is 0.889 bits per heavy atom. The molecule has 1 saturated heterocycles. The van der Waals surface area contributed by atoms with Gasteiger partial charge in [-0.25, -0.2) is 0 Å². The molecule has 2 nitrogen and oxygen atoms in total. The summed E-state index contributed by atoms with van der Waals surface area (Å²) >= 11 is 0. The van der Waals surface area contributed by atoms with Gasteiger partial charge in [0.2, 0.25) is 0 Å². The standard InChI is InChI=1S/C43H60O2/c1-24(2)36-39(43-19-32-10-33(20-43)12-34(11-32)21-43)37(41-13-26-4-27(14-41)6-28(5-26)15-41)25(3)38(40(36)45-23-35-22-44-35)42-16-29-7-30(17-42)9-31(8-29)18-42/h24,26-35H,4-23H2,1-3H3. The van der Waals surface area contributed by atoms with E-state index in [4.69, 9.17) is 9.47 Å². The average Bonchev–Trinajstić information content (AvgIpc) is 3.78. The van der Waals surface area contributed by atoms with Gasteiger partial charge < -0.3 is 9.47 Å². The van der Waals surface area contributed by atoms with Gasteiger partial charge >= 0.3 is 0 Å². The maximum absolute atomic E-state index is 7.38.